The van der Waals surface area contributed by atoms with E-state index < -0.39 is 0 Å². The predicted octanol–water partition coefficient (Wildman–Crippen LogP) is 3.28. The summed E-state index contributed by atoms with van der Waals surface area (Å²) in [7, 11) is 0. The molecule has 2 N–H and O–H groups in total. The van der Waals surface area contributed by atoms with Gasteiger partial charge in [0.1, 0.15) is 0 Å². The molecule has 0 aromatic heterocycles. The van der Waals surface area contributed by atoms with Crippen LogP contribution >= 0.6 is 11.8 Å². The molecule has 0 bridgehead atoms. The molecule has 0 amide bonds. The van der Waals surface area contributed by atoms with Gasteiger partial charge in [-0.3, -0.25) is 0 Å². The van der Waals surface area contributed by atoms with Crippen molar-refractivity contribution in [3.8, 4) is 0 Å². The van der Waals surface area contributed by atoms with Gasteiger partial charge >= 0.3 is 0 Å². The minimum absolute atomic E-state index is 0.636. The Bertz CT molecular complexity index is 206. The van der Waals surface area contributed by atoms with E-state index in [1.54, 1.807) is 0 Å². The lowest BCUT2D eigenvalue weighted by atomic mass is 10.2. The molecule has 0 heterocycles. The van der Waals surface area contributed by atoms with Crippen molar-refractivity contribution in [3.05, 3.63) is 29.8 Å². The van der Waals surface area contributed by atoms with Gasteiger partial charge < -0.3 is 5.73 Å². The van der Waals surface area contributed by atoms with Gasteiger partial charge in [0.2, 0.25) is 0 Å². The second kappa shape index (κ2) is 8.14. The smallest absolute Gasteiger partial charge is 0.0178 e. The van der Waals surface area contributed by atoms with Crippen molar-refractivity contribution in [1.29, 1.82) is 0 Å². The Kier molecular flexibility index (Phi) is 7.85. The molecule has 0 unspecified atom stereocenters. The molecule has 1 aromatic rings. The summed E-state index contributed by atoms with van der Waals surface area (Å²) in [5.74, 6) is 1.13. The van der Waals surface area contributed by atoms with E-state index in [0.717, 1.165) is 5.75 Å². The number of hydrogen-bond acceptors (Lipinski definition) is 2. The summed E-state index contributed by atoms with van der Waals surface area (Å²) in [6, 6.07) is 8.41. The second-order valence-electron chi connectivity index (χ2n) is 2.28. The molecule has 74 valence electrons. The molecule has 0 aliphatic heterocycles. The Balaban J connectivity index is 0.000000671. The van der Waals surface area contributed by atoms with Crippen molar-refractivity contribution in [2.45, 2.75) is 32.2 Å². The van der Waals surface area contributed by atoms with E-state index in [9.17, 15) is 0 Å². The Morgan fingerprint density at radius 3 is 2.08 bits per heavy atom. The normalized spacial score (nSPS) is 8.92. The fraction of sp³-hybridized carbons (Fsp3) is 0.455. The highest BCUT2D eigenvalue weighted by Crippen LogP contribution is 2.17. The number of rotatable bonds is 3. The maximum absolute atomic E-state index is 5.47. The number of thioether (sulfide) groups is 1. The number of benzene rings is 1. The fourth-order valence-electron chi connectivity index (χ4n) is 0.888. The summed E-state index contributed by atoms with van der Waals surface area (Å²) in [5, 5.41) is 0. The van der Waals surface area contributed by atoms with E-state index in [2.05, 4.69) is 31.2 Å². The van der Waals surface area contributed by atoms with Gasteiger partial charge in [-0.25, -0.2) is 0 Å². The third-order valence-electron chi connectivity index (χ3n) is 1.47. The van der Waals surface area contributed by atoms with E-state index >= 15 is 0 Å². The van der Waals surface area contributed by atoms with Crippen LogP contribution in [-0.4, -0.2) is 5.75 Å². The van der Waals surface area contributed by atoms with Crippen molar-refractivity contribution < 1.29 is 0 Å². The Labute approximate surface area is 85.7 Å². The average molecular weight is 197 g/mol. The van der Waals surface area contributed by atoms with Gasteiger partial charge in [0.25, 0.3) is 0 Å². The first-order valence-electron chi connectivity index (χ1n) is 4.78. The standard InChI is InChI=1S/C9H13NS.C2H6/c1-2-11-9-5-3-8(7-10)4-6-9;1-2/h3-6H,2,7,10H2,1H3;1-2H3. The molecule has 1 nitrogen and oxygen atoms in total. The summed E-state index contributed by atoms with van der Waals surface area (Å²) >= 11 is 1.85. The van der Waals surface area contributed by atoms with Gasteiger partial charge in [-0.2, -0.15) is 0 Å². The zero-order valence-electron chi connectivity index (χ0n) is 8.71. The van der Waals surface area contributed by atoms with Crippen LogP contribution < -0.4 is 5.73 Å². The lowest BCUT2D eigenvalue weighted by Gasteiger charge is -1.99. The molecule has 0 aliphatic carbocycles. The largest absolute Gasteiger partial charge is 0.326 e. The molecule has 0 aliphatic rings. The van der Waals surface area contributed by atoms with E-state index in [1.807, 2.05) is 25.6 Å². The molecule has 1 aromatic carbocycles. The van der Waals surface area contributed by atoms with Gasteiger partial charge in [0.05, 0.1) is 0 Å². The number of hydrogen-bond donors (Lipinski definition) is 1. The summed E-state index contributed by atoms with van der Waals surface area (Å²) < 4.78 is 0. The fourth-order valence-corrected chi connectivity index (χ4v) is 1.55. The van der Waals surface area contributed by atoms with Crippen LogP contribution in [0.4, 0.5) is 0 Å². The van der Waals surface area contributed by atoms with Gasteiger partial charge in [-0.1, -0.05) is 32.9 Å². The summed E-state index contributed by atoms with van der Waals surface area (Å²) in [5.41, 5.74) is 6.67. The summed E-state index contributed by atoms with van der Waals surface area (Å²) in [6.07, 6.45) is 0. The molecular weight excluding hydrogens is 178 g/mol. The molecule has 1 rings (SSSR count). The topological polar surface area (TPSA) is 26.0 Å². The highest BCUT2D eigenvalue weighted by molar-refractivity contribution is 7.99. The maximum atomic E-state index is 5.47. The van der Waals surface area contributed by atoms with Crippen molar-refractivity contribution in [1.82, 2.24) is 0 Å². The Morgan fingerprint density at radius 2 is 1.69 bits per heavy atom. The zero-order valence-corrected chi connectivity index (χ0v) is 9.53. The highest BCUT2D eigenvalue weighted by Gasteiger charge is 1.91. The van der Waals surface area contributed by atoms with Crippen molar-refractivity contribution in [2.75, 3.05) is 5.75 Å². The first-order chi connectivity index (χ1) is 6.36. The van der Waals surface area contributed by atoms with Crippen molar-refractivity contribution >= 4 is 11.8 Å². The third kappa shape index (κ3) is 4.96. The van der Waals surface area contributed by atoms with E-state index in [1.165, 1.54) is 10.5 Å². The monoisotopic (exact) mass is 197 g/mol. The minimum atomic E-state index is 0.636. The Hall–Kier alpha value is -0.470. The predicted molar refractivity (Wildman–Crippen MR) is 62.1 cm³/mol. The van der Waals surface area contributed by atoms with Gasteiger partial charge in [-0.15, -0.1) is 11.8 Å². The van der Waals surface area contributed by atoms with Gasteiger partial charge in [0.15, 0.2) is 0 Å². The van der Waals surface area contributed by atoms with Crippen LogP contribution in [0.3, 0.4) is 0 Å². The number of nitrogens with two attached hydrogens (primary N) is 1. The van der Waals surface area contributed by atoms with Crippen LogP contribution in [0, 0.1) is 0 Å². The maximum Gasteiger partial charge on any atom is 0.0178 e. The van der Waals surface area contributed by atoms with E-state index in [-0.39, 0.29) is 0 Å². The van der Waals surface area contributed by atoms with Crippen LogP contribution in [-0.2, 0) is 6.54 Å². The van der Waals surface area contributed by atoms with Crippen molar-refractivity contribution in [2.24, 2.45) is 5.73 Å². The SMILES string of the molecule is CC.CCSc1ccc(CN)cc1. The van der Waals surface area contributed by atoms with E-state index in [0.29, 0.717) is 6.54 Å². The second-order valence-corrected chi connectivity index (χ2v) is 3.62. The van der Waals surface area contributed by atoms with Gasteiger partial charge in [-0.05, 0) is 23.4 Å². The van der Waals surface area contributed by atoms with Crippen molar-refractivity contribution in [3.63, 3.8) is 0 Å². The third-order valence-corrected chi connectivity index (χ3v) is 2.36. The highest BCUT2D eigenvalue weighted by atomic mass is 32.2. The minimum Gasteiger partial charge on any atom is -0.326 e. The molecular formula is C11H19NS. The first-order valence-corrected chi connectivity index (χ1v) is 5.77. The zero-order chi connectivity index (χ0) is 10.1. The molecule has 0 fully saturated rings. The summed E-state index contributed by atoms with van der Waals surface area (Å²) in [6.45, 7) is 6.79. The Morgan fingerprint density at radius 1 is 1.15 bits per heavy atom. The first kappa shape index (κ1) is 12.5. The lowest BCUT2D eigenvalue weighted by Crippen LogP contribution is -1.94. The molecule has 0 saturated heterocycles. The molecule has 2 heteroatoms. The van der Waals surface area contributed by atoms with Crippen LogP contribution in [0.5, 0.6) is 0 Å². The molecule has 0 radical (unpaired) electrons. The van der Waals surface area contributed by atoms with Crippen LogP contribution in [0.1, 0.15) is 26.3 Å². The van der Waals surface area contributed by atoms with Crippen LogP contribution in [0.25, 0.3) is 0 Å². The van der Waals surface area contributed by atoms with Gasteiger partial charge in [0, 0.05) is 11.4 Å². The molecule has 0 saturated carbocycles. The lowest BCUT2D eigenvalue weighted by molar-refractivity contribution is 1.07. The summed E-state index contributed by atoms with van der Waals surface area (Å²) in [4.78, 5) is 1.32. The average Bonchev–Trinajstić information content (AvgIpc) is 2.23. The molecule has 0 atom stereocenters. The van der Waals surface area contributed by atoms with Crippen LogP contribution in [0.2, 0.25) is 0 Å². The quantitative estimate of drug-likeness (QED) is 0.753. The van der Waals surface area contributed by atoms with Crippen LogP contribution in [0.15, 0.2) is 29.2 Å². The van der Waals surface area contributed by atoms with E-state index in [4.69, 9.17) is 5.73 Å². The molecule has 0 spiro atoms. The molecule has 13 heavy (non-hydrogen) atoms.